The molecular formula is C28H37N7O5S. The molecule has 13 heteroatoms. The maximum Gasteiger partial charge on any atom is 0.266 e. The molecule has 1 unspecified atom stereocenters. The zero-order valence-electron chi connectivity index (χ0n) is 23.3. The first-order valence-corrected chi connectivity index (χ1v) is 16.0. The predicted octanol–water partition coefficient (Wildman–Crippen LogP) is 3.31. The maximum atomic E-state index is 12.4. The van der Waals surface area contributed by atoms with Crippen LogP contribution in [0, 0.1) is 5.92 Å². The van der Waals surface area contributed by atoms with Gasteiger partial charge in [-0.05, 0) is 75.6 Å². The lowest BCUT2D eigenvalue weighted by Crippen LogP contribution is -2.44. The van der Waals surface area contributed by atoms with E-state index in [1.165, 1.54) is 6.42 Å². The molecule has 4 aliphatic rings. The molecule has 8 bridgehead atoms. The molecule has 0 aliphatic carbocycles. The third kappa shape index (κ3) is 6.31. The summed E-state index contributed by atoms with van der Waals surface area (Å²) in [7, 11) is -3.69. The number of piperidine rings is 2. The van der Waals surface area contributed by atoms with Crippen LogP contribution in [0.2, 0.25) is 0 Å². The van der Waals surface area contributed by atoms with Crippen LogP contribution in [-0.2, 0) is 14.8 Å². The summed E-state index contributed by atoms with van der Waals surface area (Å²) in [6, 6.07) is 7.01. The van der Waals surface area contributed by atoms with Gasteiger partial charge in [-0.15, -0.1) is 10.2 Å². The van der Waals surface area contributed by atoms with Gasteiger partial charge < -0.3 is 24.1 Å². The fraction of sp³-hybridized carbons (Fsp3) is 0.571. The van der Waals surface area contributed by atoms with Crippen molar-refractivity contribution in [2.24, 2.45) is 5.92 Å². The highest BCUT2D eigenvalue weighted by molar-refractivity contribution is 7.92. The van der Waals surface area contributed by atoms with E-state index in [2.05, 4.69) is 36.6 Å². The summed E-state index contributed by atoms with van der Waals surface area (Å²) in [4.78, 5) is 13.8. The zero-order chi connectivity index (χ0) is 28.5. The van der Waals surface area contributed by atoms with Crippen LogP contribution >= 0.6 is 0 Å². The molecule has 4 aliphatic heterocycles. The Balaban J connectivity index is 1.38. The minimum atomic E-state index is -3.69. The van der Waals surface area contributed by atoms with Gasteiger partial charge in [0.1, 0.15) is 5.69 Å². The minimum absolute atomic E-state index is 0.219. The zero-order valence-corrected chi connectivity index (χ0v) is 24.1. The Hall–Kier alpha value is -3.29. The van der Waals surface area contributed by atoms with Crippen LogP contribution in [0.5, 0.6) is 0 Å². The number of nitrogens with one attached hydrogen (secondary N) is 1. The van der Waals surface area contributed by atoms with Gasteiger partial charge in [0.15, 0.2) is 0 Å². The van der Waals surface area contributed by atoms with Crippen molar-refractivity contribution < 1.29 is 22.7 Å². The second kappa shape index (κ2) is 11.5. The molecule has 1 atom stereocenters. The average molecular weight is 584 g/mol. The van der Waals surface area contributed by atoms with Crippen LogP contribution in [0.3, 0.4) is 0 Å². The topological polar surface area (TPSA) is 147 Å². The molecule has 6 heterocycles. The van der Waals surface area contributed by atoms with Gasteiger partial charge in [0, 0.05) is 39.0 Å². The molecule has 3 aromatic rings. The van der Waals surface area contributed by atoms with Gasteiger partial charge in [-0.25, -0.2) is 18.4 Å². The highest BCUT2D eigenvalue weighted by Crippen LogP contribution is 2.38. The third-order valence-corrected chi connectivity index (χ3v) is 9.59. The van der Waals surface area contributed by atoms with Crippen LogP contribution < -0.4 is 14.5 Å². The first-order valence-electron chi connectivity index (χ1n) is 14.4. The van der Waals surface area contributed by atoms with Gasteiger partial charge in [0.2, 0.25) is 21.9 Å². The highest BCUT2D eigenvalue weighted by Gasteiger charge is 2.33. The number of sulfonamides is 1. The quantitative estimate of drug-likeness (QED) is 0.466. The predicted molar refractivity (Wildman–Crippen MR) is 155 cm³/mol. The number of benzene rings is 1. The fourth-order valence-corrected chi connectivity index (χ4v) is 6.81. The number of aliphatic hydroxyl groups excluding tert-OH is 1. The summed E-state index contributed by atoms with van der Waals surface area (Å²) in [6.07, 6.45) is 7.82. The van der Waals surface area contributed by atoms with Crippen LogP contribution in [0.4, 0.5) is 17.3 Å². The Morgan fingerprint density at radius 2 is 1.88 bits per heavy atom. The summed E-state index contributed by atoms with van der Waals surface area (Å²) >= 11 is 0. The van der Waals surface area contributed by atoms with Crippen molar-refractivity contribution in [3.63, 3.8) is 0 Å². The summed E-state index contributed by atoms with van der Waals surface area (Å²) in [5.41, 5.74) is 2.23. The molecule has 2 saturated heterocycles. The number of aliphatic hydroxyl groups is 1. The van der Waals surface area contributed by atoms with Crippen molar-refractivity contribution in [2.45, 2.75) is 51.0 Å². The van der Waals surface area contributed by atoms with E-state index in [-0.39, 0.29) is 11.4 Å². The molecule has 41 heavy (non-hydrogen) atoms. The Morgan fingerprint density at radius 1 is 1.07 bits per heavy atom. The Bertz CT molecular complexity index is 1470. The Morgan fingerprint density at radius 3 is 2.71 bits per heavy atom. The summed E-state index contributed by atoms with van der Waals surface area (Å²) in [5.74, 6) is 1.48. The summed E-state index contributed by atoms with van der Waals surface area (Å²) in [6.45, 7) is 5.74. The van der Waals surface area contributed by atoms with Crippen molar-refractivity contribution in [1.29, 1.82) is 0 Å². The van der Waals surface area contributed by atoms with Gasteiger partial charge in [0.25, 0.3) is 5.89 Å². The summed E-state index contributed by atoms with van der Waals surface area (Å²) in [5, 5.41) is 17.8. The SMILES string of the molecule is CC12CCN(CC1)c1cc(NS(=O)(=O)CCO)ccc1-c1nnc(o1)-c1ccnc(n1)N1CCCC(CCCO2)C1. The molecule has 0 amide bonds. The van der Waals surface area contributed by atoms with E-state index in [9.17, 15) is 8.42 Å². The number of hydrogen-bond acceptors (Lipinski definition) is 11. The molecule has 2 fully saturated rings. The number of rotatable bonds is 4. The molecule has 12 nitrogen and oxygen atoms in total. The number of ether oxygens (including phenoxy) is 1. The van der Waals surface area contributed by atoms with Crippen LogP contribution in [0.25, 0.3) is 23.0 Å². The first kappa shape index (κ1) is 27.9. The lowest BCUT2D eigenvalue weighted by Gasteiger charge is -2.41. The lowest BCUT2D eigenvalue weighted by atomic mass is 9.92. The maximum absolute atomic E-state index is 12.4. The summed E-state index contributed by atoms with van der Waals surface area (Å²) < 4.78 is 40.0. The monoisotopic (exact) mass is 583 g/mol. The number of aromatic nitrogens is 4. The molecule has 2 N–H and O–H groups in total. The van der Waals surface area contributed by atoms with Crippen LogP contribution in [0.15, 0.2) is 34.9 Å². The van der Waals surface area contributed by atoms with E-state index in [1.807, 2.05) is 0 Å². The van der Waals surface area contributed by atoms with Crippen molar-refractivity contribution in [3.05, 3.63) is 30.5 Å². The van der Waals surface area contributed by atoms with E-state index < -0.39 is 16.6 Å². The first-order chi connectivity index (χ1) is 19.8. The second-order valence-corrected chi connectivity index (χ2v) is 13.3. The van der Waals surface area contributed by atoms with Crippen molar-refractivity contribution in [3.8, 4) is 23.0 Å². The van der Waals surface area contributed by atoms with Gasteiger partial charge in [-0.2, -0.15) is 0 Å². The second-order valence-electron chi connectivity index (χ2n) is 11.4. The van der Waals surface area contributed by atoms with E-state index >= 15 is 0 Å². The number of fused-ring (bicyclic) bond motifs is 5. The van der Waals surface area contributed by atoms with Crippen molar-refractivity contribution in [2.75, 3.05) is 59.7 Å². The molecule has 7 rings (SSSR count). The van der Waals surface area contributed by atoms with Crippen LogP contribution in [-0.4, -0.2) is 84.4 Å². The largest absolute Gasteiger partial charge is 0.415 e. The minimum Gasteiger partial charge on any atom is -0.415 e. The number of anilines is 3. The molecule has 1 aromatic carbocycles. The Labute approximate surface area is 240 Å². The highest BCUT2D eigenvalue weighted by atomic mass is 32.2. The number of nitrogens with zero attached hydrogens (tertiary/aromatic N) is 6. The number of hydrogen-bond donors (Lipinski definition) is 2. The van der Waals surface area contributed by atoms with Gasteiger partial charge in [-0.3, -0.25) is 4.72 Å². The smallest absolute Gasteiger partial charge is 0.266 e. The van der Waals surface area contributed by atoms with Crippen molar-refractivity contribution >= 4 is 27.3 Å². The van der Waals surface area contributed by atoms with E-state index in [0.717, 1.165) is 70.6 Å². The Kier molecular flexibility index (Phi) is 7.84. The molecule has 0 radical (unpaired) electrons. The van der Waals surface area contributed by atoms with Crippen LogP contribution in [0.1, 0.15) is 45.4 Å². The normalized spacial score (nSPS) is 23.3. The lowest BCUT2D eigenvalue weighted by molar-refractivity contribution is -0.0500. The molecule has 0 spiro atoms. The van der Waals surface area contributed by atoms with E-state index in [4.69, 9.17) is 19.2 Å². The fourth-order valence-electron chi connectivity index (χ4n) is 5.98. The van der Waals surface area contributed by atoms with Gasteiger partial charge in [0.05, 0.1) is 34.9 Å². The molecular weight excluding hydrogens is 546 g/mol. The van der Waals surface area contributed by atoms with E-state index in [0.29, 0.717) is 40.6 Å². The third-order valence-electron chi connectivity index (χ3n) is 8.32. The van der Waals surface area contributed by atoms with Gasteiger partial charge in [-0.1, -0.05) is 0 Å². The molecule has 220 valence electrons. The van der Waals surface area contributed by atoms with E-state index in [1.54, 1.807) is 30.5 Å². The molecule has 0 saturated carbocycles. The standard InChI is InChI=1S/C28H37N7O5S/c1-28-9-13-34(14-10-28)24-18-21(33-41(37,38)17-15-36)6-7-22(24)25-31-32-26(40-25)23-8-11-29-27(30-23)35-12-2-4-20(19-35)5-3-16-39-28/h6-8,11,18,20,33,36H,2-5,9-10,12-17,19H2,1H3. The van der Waals surface area contributed by atoms with Crippen molar-refractivity contribution in [1.82, 2.24) is 20.2 Å². The van der Waals surface area contributed by atoms with Gasteiger partial charge >= 0.3 is 0 Å². The average Bonchev–Trinajstić information content (AvgIpc) is 3.46. The molecule has 2 aromatic heterocycles.